The summed E-state index contributed by atoms with van der Waals surface area (Å²) in [4.78, 5) is 29.0. The smallest absolute Gasteiger partial charge is 0.266 e. The summed E-state index contributed by atoms with van der Waals surface area (Å²) in [5, 5.41) is 5.93. The fourth-order valence-electron chi connectivity index (χ4n) is 3.57. The molecule has 0 aliphatic rings. The van der Waals surface area contributed by atoms with E-state index in [-0.39, 0.29) is 29.3 Å². The lowest BCUT2D eigenvalue weighted by atomic mass is 9.85. The fourth-order valence-corrected chi connectivity index (χ4v) is 3.57. The molecule has 2 N–H and O–H groups in total. The van der Waals surface area contributed by atoms with Crippen LogP contribution in [-0.4, -0.2) is 20.5 Å². The number of amides is 1. The van der Waals surface area contributed by atoms with Gasteiger partial charge in [0, 0.05) is 23.0 Å². The van der Waals surface area contributed by atoms with Gasteiger partial charge >= 0.3 is 0 Å². The maximum atomic E-state index is 12.9. The maximum Gasteiger partial charge on any atom is 0.266 e. The third kappa shape index (κ3) is 4.50. The van der Waals surface area contributed by atoms with Gasteiger partial charge in [0.1, 0.15) is 0 Å². The summed E-state index contributed by atoms with van der Waals surface area (Å²) in [5.41, 5.74) is 3.96. The lowest BCUT2D eigenvalue weighted by Crippen LogP contribution is -2.33. The van der Waals surface area contributed by atoms with E-state index in [0.29, 0.717) is 5.65 Å². The van der Waals surface area contributed by atoms with Gasteiger partial charge in [-0.05, 0) is 31.2 Å². The number of carbonyl (C=O) groups excluding carboxylic acids is 1. The zero-order valence-electron chi connectivity index (χ0n) is 17.2. The predicted molar refractivity (Wildman–Crippen MR) is 110 cm³/mol. The molecule has 1 amide bonds. The number of fused-ring (bicyclic) bond motifs is 1. The molecule has 1 unspecified atom stereocenters. The lowest BCUT2D eigenvalue weighted by molar-refractivity contribution is -0.121. The average molecular weight is 380 g/mol. The molecular weight excluding hydrogens is 352 g/mol. The van der Waals surface area contributed by atoms with Crippen molar-refractivity contribution in [1.82, 2.24) is 19.9 Å². The van der Waals surface area contributed by atoms with E-state index in [2.05, 4.69) is 36.2 Å². The molecule has 6 nitrogen and oxygen atoms in total. The normalized spacial score (nSPS) is 12.9. The number of nitrogens with zero attached hydrogens (tertiary/aromatic N) is 2. The number of carbonyl (C=O) groups is 1. The van der Waals surface area contributed by atoms with Gasteiger partial charge in [-0.25, -0.2) is 9.50 Å². The average Bonchev–Trinajstić information content (AvgIpc) is 2.98. The van der Waals surface area contributed by atoms with Gasteiger partial charge in [0.05, 0.1) is 12.5 Å². The van der Waals surface area contributed by atoms with Crippen LogP contribution in [0.1, 0.15) is 55.7 Å². The predicted octanol–water partition coefficient (Wildman–Crippen LogP) is 3.48. The van der Waals surface area contributed by atoms with Crippen molar-refractivity contribution in [3.05, 3.63) is 69.3 Å². The van der Waals surface area contributed by atoms with Crippen molar-refractivity contribution >= 4 is 11.6 Å². The molecule has 28 heavy (non-hydrogen) atoms. The molecule has 0 spiro atoms. The van der Waals surface area contributed by atoms with E-state index in [1.165, 1.54) is 6.07 Å². The molecule has 0 aliphatic heterocycles. The molecule has 0 saturated carbocycles. The Balaban J connectivity index is 1.85. The van der Waals surface area contributed by atoms with Crippen molar-refractivity contribution in [2.75, 3.05) is 0 Å². The Kier molecular flexibility index (Phi) is 5.40. The van der Waals surface area contributed by atoms with Crippen LogP contribution in [0.15, 0.2) is 41.2 Å². The third-order valence-electron chi connectivity index (χ3n) is 4.89. The first kappa shape index (κ1) is 19.9. The van der Waals surface area contributed by atoms with Crippen LogP contribution < -0.4 is 10.9 Å². The summed E-state index contributed by atoms with van der Waals surface area (Å²) in [6.07, 6.45) is 1.05. The summed E-state index contributed by atoms with van der Waals surface area (Å²) in [5.74, 6) is -0.0556. The Bertz CT molecular complexity index is 1040. The third-order valence-corrected chi connectivity index (χ3v) is 4.89. The van der Waals surface area contributed by atoms with Crippen LogP contribution in [0, 0.1) is 19.3 Å². The second-order valence-corrected chi connectivity index (χ2v) is 8.55. The van der Waals surface area contributed by atoms with Gasteiger partial charge in [-0.2, -0.15) is 0 Å². The van der Waals surface area contributed by atoms with Gasteiger partial charge in [-0.15, -0.1) is 0 Å². The van der Waals surface area contributed by atoms with Crippen LogP contribution in [0.5, 0.6) is 0 Å². The molecule has 0 radical (unpaired) electrons. The molecule has 6 heteroatoms. The van der Waals surface area contributed by atoms with Crippen molar-refractivity contribution < 1.29 is 4.79 Å². The van der Waals surface area contributed by atoms with E-state index in [4.69, 9.17) is 0 Å². The number of rotatable bonds is 5. The highest BCUT2D eigenvalue weighted by Gasteiger charge is 2.23. The largest absolute Gasteiger partial charge is 0.349 e. The zero-order chi connectivity index (χ0) is 20.5. The summed E-state index contributed by atoms with van der Waals surface area (Å²) < 4.78 is 1.64. The number of hydrogen-bond donors (Lipinski definition) is 2. The summed E-state index contributed by atoms with van der Waals surface area (Å²) >= 11 is 0. The minimum Gasteiger partial charge on any atom is -0.349 e. The van der Waals surface area contributed by atoms with E-state index in [0.717, 1.165) is 28.9 Å². The van der Waals surface area contributed by atoms with E-state index in [1.54, 1.807) is 4.52 Å². The van der Waals surface area contributed by atoms with E-state index < -0.39 is 0 Å². The lowest BCUT2D eigenvalue weighted by Gasteiger charge is -2.27. The van der Waals surface area contributed by atoms with E-state index in [9.17, 15) is 9.59 Å². The van der Waals surface area contributed by atoms with Gasteiger partial charge in [-0.1, -0.05) is 51.1 Å². The highest BCUT2D eigenvalue weighted by Crippen LogP contribution is 2.29. The number of hydrogen-bond acceptors (Lipinski definition) is 3. The minimum atomic E-state index is -0.203. The Labute approximate surface area is 165 Å². The number of H-pyrrole nitrogens is 1. The molecule has 3 aromatic rings. The van der Waals surface area contributed by atoms with Crippen LogP contribution >= 0.6 is 0 Å². The second-order valence-electron chi connectivity index (χ2n) is 8.55. The SMILES string of the molecule is Cc1nc2cc(=O)[nH]n2c(C)c1CC(=O)NC(CC(C)(C)C)c1ccccc1. The maximum absolute atomic E-state index is 12.9. The molecule has 0 aliphatic carbocycles. The standard InChI is InChI=1S/C22H28N4O2/c1-14-17(15(2)26-19(23-14)12-21(28)25-26)11-20(27)24-18(13-22(3,4)5)16-9-7-6-8-10-16/h6-10,12,18H,11,13H2,1-5H3,(H,24,27)(H,25,28). The van der Waals surface area contributed by atoms with Gasteiger partial charge in [0.15, 0.2) is 5.65 Å². The topological polar surface area (TPSA) is 79.3 Å². The number of benzene rings is 1. The van der Waals surface area contributed by atoms with Crippen molar-refractivity contribution in [2.45, 2.75) is 53.5 Å². The van der Waals surface area contributed by atoms with Crippen LogP contribution in [0.25, 0.3) is 5.65 Å². The first-order valence-electron chi connectivity index (χ1n) is 9.56. The minimum absolute atomic E-state index is 0.0556. The molecular formula is C22H28N4O2. The fraction of sp³-hybridized carbons (Fsp3) is 0.409. The molecule has 1 aromatic carbocycles. The van der Waals surface area contributed by atoms with Crippen LogP contribution in [0.3, 0.4) is 0 Å². The van der Waals surface area contributed by atoms with Crippen LogP contribution in [-0.2, 0) is 11.2 Å². The highest BCUT2D eigenvalue weighted by molar-refractivity contribution is 5.79. The van der Waals surface area contributed by atoms with Crippen molar-refractivity contribution in [3.63, 3.8) is 0 Å². The van der Waals surface area contributed by atoms with Crippen molar-refractivity contribution in [2.24, 2.45) is 5.41 Å². The van der Waals surface area contributed by atoms with Crippen LogP contribution in [0.4, 0.5) is 0 Å². The first-order valence-corrected chi connectivity index (χ1v) is 9.56. The summed E-state index contributed by atoms with van der Waals surface area (Å²) in [6.45, 7) is 10.3. The summed E-state index contributed by atoms with van der Waals surface area (Å²) in [7, 11) is 0. The van der Waals surface area contributed by atoms with Crippen LogP contribution in [0.2, 0.25) is 0 Å². The molecule has 0 bridgehead atoms. The van der Waals surface area contributed by atoms with Crippen molar-refractivity contribution in [1.29, 1.82) is 0 Å². The van der Waals surface area contributed by atoms with E-state index in [1.807, 2.05) is 44.2 Å². The Morgan fingerprint density at radius 3 is 2.54 bits per heavy atom. The second kappa shape index (κ2) is 7.62. The highest BCUT2D eigenvalue weighted by atomic mass is 16.1. The quantitative estimate of drug-likeness (QED) is 0.711. The molecule has 2 heterocycles. The van der Waals surface area contributed by atoms with Gasteiger partial charge in [0.25, 0.3) is 5.56 Å². The summed E-state index contributed by atoms with van der Waals surface area (Å²) in [6, 6.07) is 11.5. The molecule has 0 fully saturated rings. The zero-order valence-corrected chi connectivity index (χ0v) is 17.2. The van der Waals surface area contributed by atoms with Gasteiger partial charge in [0.2, 0.25) is 5.91 Å². The molecule has 1 atom stereocenters. The molecule has 3 rings (SSSR count). The Morgan fingerprint density at radius 1 is 1.21 bits per heavy atom. The Hall–Kier alpha value is -2.89. The molecule has 148 valence electrons. The molecule has 2 aromatic heterocycles. The van der Waals surface area contributed by atoms with Crippen molar-refractivity contribution in [3.8, 4) is 0 Å². The number of nitrogens with one attached hydrogen (secondary N) is 2. The number of aryl methyl sites for hydroxylation is 2. The monoisotopic (exact) mass is 380 g/mol. The number of aromatic amines is 1. The Morgan fingerprint density at radius 2 is 1.89 bits per heavy atom. The number of aromatic nitrogens is 3. The molecule has 0 saturated heterocycles. The van der Waals surface area contributed by atoms with Gasteiger partial charge in [-0.3, -0.25) is 14.7 Å². The van der Waals surface area contributed by atoms with E-state index >= 15 is 0 Å². The first-order chi connectivity index (χ1) is 13.1. The van der Waals surface area contributed by atoms with Gasteiger partial charge < -0.3 is 5.32 Å².